The molecule has 0 amide bonds. The summed E-state index contributed by atoms with van der Waals surface area (Å²) in [5.74, 6) is 0.146. The SMILES string of the molecule is CC(C)(C)NCc1nc(-c2ccccc2OC(F)F)cs1. The molecule has 1 heterocycles. The lowest BCUT2D eigenvalue weighted by atomic mass is 10.1. The zero-order valence-corrected chi connectivity index (χ0v) is 13.0. The van der Waals surface area contributed by atoms with Gasteiger partial charge < -0.3 is 10.1 Å². The first-order valence-corrected chi connectivity index (χ1v) is 7.47. The van der Waals surface area contributed by atoms with E-state index in [1.165, 1.54) is 17.4 Å². The minimum absolute atomic E-state index is 0.00251. The maximum atomic E-state index is 12.4. The number of thiazole rings is 1. The van der Waals surface area contributed by atoms with Crippen LogP contribution in [0.3, 0.4) is 0 Å². The molecule has 3 nitrogen and oxygen atoms in total. The van der Waals surface area contributed by atoms with E-state index in [2.05, 4.69) is 35.8 Å². The lowest BCUT2D eigenvalue weighted by molar-refractivity contribution is -0.0494. The van der Waals surface area contributed by atoms with Crippen molar-refractivity contribution in [3.63, 3.8) is 0 Å². The topological polar surface area (TPSA) is 34.2 Å². The molecule has 0 saturated heterocycles. The Kier molecular flexibility index (Phi) is 4.90. The lowest BCUT2D eigenvalue weighted by Gasteiger charge is -2.19. The van der Waals surface area contributed by atoms with E-state index >= 15 is 0 Å². The second-order valence-corrected chi connectivity index (χ2v) is 6.55. The Morgan fingerprint density at radius 3 is 2.67 bits per heavy atom. The number of benzene rings is 1. The van der Waals surface area contributed by atoms with Crippen molar-refractivity contribution < 1.29 is 13.5 Å². The molecule has 2 aromatic rings. The summed E-state index contributed by atoms with van der Waals surface area (Å²) in [5, 5.41) is 6.11. The van der Waals surface area contributed by atoms with Crippen LogP contribution >= 0.6 is 11.3 Å². The van der Waals surface area contributed by atoms with Crippen molar-refractivity contribution in [3.8, 4) is 17.0 Å². The van der Waals surface area contributed by atoms with E-state index in [0.717, 1.165) is 5.01 Å². The third-order valence-corrected chi connectivity index (χ3v) is 3.55. The maximum absolute atomic E-state index is 12.4. The van der Waals surface area contributed by atoms with E-state index in [-0.39, 0.29) is 11.3 Å². The largest absolute Gasteiger partial charge is 0.434 e. The number of hydrogen-bond donors (Lipinski definition) is 1. The molecule has 0 aliphatic carbocycles. The first-order valence-electron chi connectivity index (χ1n) is 6.59. The molecule has 0 fully saturated rings. The minimum atomic E-state index is -2.84. The van der Waals surface area contributed by atoms with Gasteiger partial charge in [0.15, 0.2) is 0 Å². The number of nitrogens with zero attached hydrogens (tertiary/aromatic N) is 1. The van der Waals surface area contributed by atoms with Crippen LogP contribution in [0, 0.1) is 0 Å². The maximum Gasteiger partial charge on any atom is 0.387 e. The molecule has 0 saturated carbocycles. The highest BCUT2D eigenvalue weighted by molar-refractivity contribution is 7.09. The number of hydrogen-bond acceptors (Lipinski definition) is 4. The molecule has 0 unspecified atom stereocenters. The number of halogens is 2. The molecule has 0 spiro atoms. The van der Waals surface area contributed by atoms with Gasteiger partial charge in [-0.25, -0.2) is 4.98 Å². The number of nitrogens with one attached hydrogen (secondary N) is 1. The standard InChI is InChI=1S/C15H18F2N2OS/c1-15(2,3)18-8-13-19-11(9-21-13)10-6-4-5-7-12(10)20-14(16)17/h4-7,9,14,18H,8H2,1-3H3. The number of para-hydroxylation sites is 1. The van der Waals surface area contributed by atoms with Crippen molar-refractivity contribution in [1.82, 2.24) is 10.3 Å². The highest BCUT2D eigenvalue weighted by atomic mass is 32.1. The van der Waals surface area contributed by atoms with E-state index in [4.69, 9.17) is 0 Å². The van der Waals surface area contributed by atoms with Crippen LogP contribution < -0.4 is 10.1 Å². The third-order valence-electron chi connectivity index (χ3n) is 2.70. The van der Waals surface area contributed by atoms with Crippen molar-refractivity contribution in [2.75, 3.05) is 0 Å². The molecule has 0 radical (unpaired) electrons. The average Bonchev–Trinajstić information content (AvgIpc) is 2.84. The normalized spacial score (nSPS) is 11.9. The highest BCUT2D eigenvalue weighted by Crippen LogP contribution is 2.31. The molecule has 2 rings (SSSR count). The van der Waals surface area contributed by atoms with Crippen LogP contribution in [0.1, 0.15) is 25.8 Å². The molecule has 0 bridgehead atoms. The van der Waals surface area contributed by atoms with Gasteiger partial charge >= 0.3 is 6.61 Å². The second kappa shape index (κ2) is 6.49. The first-order chi connectivity index (χ1) is 9.85. The van der Waals surface area contributed by atoms with Crippen LogP contribution in [0.15, 0.2) is 29.6 Å². The van der Waals surface area contributed by atoms with Crippen LogP contribution in [0.25, 0.3) is 11.3 Å². The average molecular weight is 312 g/mol. The van der Waals surface area contributed by atoms with Crippen LogP contribution in [0.5, 0.6) is 5.75 Å². The molecule has 0 aliphatic heterocycles. The molecule has 0 aliphatic rings. The zero-order chi connectivity index (χ0) is 15.5. The summed E-state index contributed by atoms with van der Waals surface area (Å²) in [5.41, 5.74) is 1.24. The molecular weight excluding hydrogens is 294 g/mol. The van der Waals surface area contributed by atoms with Crippen LogP contribution in [-0.4, -0.2) is 17.1 Å². The fourth-order valence-corrected chi connectivity index (χ4v) is 2.47. The van der Waals surface area contributed by atoms with Gasteiger partial charge in [-0.05, 0) is 32.9 Å². The van der Waals surface area contributed by atoms with E-state index in [1.807, 2.05) is 5.38 Å². The monoisotopic (exact) mass is 312 g/mol. The lowest BCUT2D eigenvalue weighted by Crippen LogP contribution is -2.34. The summed E-state index contributed by atoms with van der Waals surface area (Å²) in [4.78, 5) is 4.48. The van der Waals surface area contributed by atoms with Crippen LogP contribution in [0.4, 0.5) is 8.78 Å². The Balaban J connectivity index is 2.18. The number of aromatic nitrogens is 1. The van der Waals surface area contributed by atoms with Gasteiger partial charge in [0.25, 0.3) is 0 Å². The Morgan fingerprint density at radius 1 is 1.29 bits per heavy atom. The zero-order valence-electron chi connectivity index (χ0n) is 12.2. The summed E-state index contributed by atoms with van der Waals surface area (Å²) < 4.78 is 29.4. The summed E-state index contributed by atoms with van der Waals surface area (Å²) in [7, 11) is 0. The van der Waals surface area contributed by atoms with E-state index in [9.17, 15) is 8.78 Å². The summed E-state index contributed by atoms with van der Waals surface area (Å²) >= 11 is 1.50. The molecule has 6 heteroatoms. The molecule has 1 aromatic heterocycles. The summed E-state index contributed by atoms with van der Waals surface area (Å²) in [6, 6.07) is 6.69. The van der Waals surface area contributed by atoms with Gasteiger partial charge in [-0.3, -0.25) is 0 Å². The predicted molar refractivity (Wildman–Crippen MR) is 80.8 cm³/mol. The highest BCUT2D eigenvalue weighted by Gasteiger charge is 2.14. The van der Waals surface area contributed by atoms with Gasteiger partial charge in [-0.15, -0.1) is 11.3 Å². The van der Waals surface area contributed by atoms with Gasteiger partial charge in [-0.1, -0.05) is 12.1 Å². The minimum Gasteiger partial charge on any atom is -0.434 e. The van der Waals surface area contributed by atoms with Crippen molar-refractivity contribution in [2.24, 2.45) is 0 Å². The Hall–Kier alpha value is -1.53. The first kappa shape index (κ1) is 15.9. The number of rotatable bonds is 5. The molecule has 0 atom stereocenters. The second-order valence-electron chi connectivity index (χ2n) is 5.60. The molecule has 114 valence electrons. The number of alkyl halides is 2. The quantitative estimate of drug-likeness (QED) is 0.894. The Labute approximate surface area is 127 Å². The number of ether oxygens (including phenoxy) is 1. The van der Waals surface area contributed by atoms with Crippen molar-refractivity contribution in [3.05, 3.63) is 34.7 Å². The van der Waals surface area contributed by atoms with Crippen molar-refractivity contribution >= 4 is 11.3 Å². The van der Waals surface area contributed by atoms with Crippen molar-refractivity contribution in [2.45, 2.75) is 39.5 Å². The predicted octanol–water partition coefficient (Wildman–Crippen LogP) is 4.30. The van der Waals surface area contributed by atoms with E-state index in [0.29, 0.717) is 17.8 Å². The Morgan fingerprint density at radius 2 is 2.00 bits per heavy atom. The van der Waals surface area contributed by atoms with E-state index in [1.54, 1.807) is 18.2 Å². The van der Waals surface area contributed by atoms with Gasteiger partial charge in [0.2, 0.25) is 0 Å². The molecule has 1 aromatic carbocycles. The van der Waals surface area contributed by atoms with Gasteiger partial charge in [0.1, 0.15) is 10.8 Å². The van der Waals surface area contributed by atoms with Gasteiger partial charge in [0, 0.05) is 23.0 Å². The van der Waals surface area contributed by atoms with Crippen LogP contribution in [-0.2, 0) is 6.54 Å². The fraction of sp³-hybridized carbons (Fsp3) is 0.400. The third kappa shape index (κ3) is 4.75. The van der Waals surface area contributed by atoms with Gasteiger partial charge in [0.05, 0.1) is 5.69 Å². The van der Waals surface area contributed by atoms with Crippen molar-refractivity contribution in [1.29, 1.82) is 0 Å². The summed E-state index contributed by atoms with van der Waals surface area (Å²) in [6.45, 7) is 4.03. The molecular formula is C15H18F2N2OS. The van der Waals surface area contributed by atoms with Gasteiger partial charge in [-0.2, -0.15) is 8.78 Å². The summed E-state index contributed by atoms with van der Waals surface area (Å²) in [6.07, 6.45) is 0. The van der Waals surface area contributed by atoms with Crippen LogP contribution in [0.2, 0.25) is 0 Å². The smallest absolute Gasteiger partial charge is 0.387 e. The molecule has 21 heavy (non-hydrogen) atoms. The fourth-order valence-electron chi connectivity index (χ4n) is 1.73. The Bertz CT molecular complexity index is 593. The molecule has 1 N–H and O–H groups in total. The van der Waals surface area contributed by atoms with E-state index < -0.39 is 6.61 Å².